The van der Waals surface area contributed by atoms with E-state index in [1.807, 2.05) is 49.4 Å². The molecule has 8 heteroatoms. The Hall–Kier alpha value is -3.68. The number of furan rings is 1. The van der Waals surface area contributed by atoms with Crippen LogP contribution in [-0.2, 0) is 4.79 Å². The van der Waals surface area contributed by atoms with E-state index >= 15 is 0 Å². The van der Waals surface area contributed by atoms with Gasteiger partial charge >= 0.3 is 0 Å². The minimum Gasteiger partial charge on any atom is -0.464 e. The molecule has 1 N–H and O–H groups in total. The zero-order valence-electron chi connectivity index (χ0n) is 18.4. The Labute approximate surface area is 204 Å². The standard InChI is InChI=1S/C26H20ClN3O3S/c1-15-12-13-20(33-15)23-22(24(31)29-18-9-4-3-5-10-18)16(2)28-26-30(23)25(32)21(34-26)14-17-8-6-7-11-19(17)27/h3-14,23H,1-2H3,(H,29,31). The van der Waals surface area contributed by atoms with Crippen LogP contribution in [0.3, 0.4) is 0 Å². The maximum Gasteiger partial charge on any atom is 0.271 e. The van der Waals surface area contributed by atoms with Crippen LogP contribution in [0, 0.1) is 6.92 Å². The first-order chi connectivity index (χ1) is 16.4. The largest absolute Gasteiger partial charge is 0.464 e. The third kappa shape index (κ3) is 4.04. The lowest BCUT2D eigenvalue weighted by Crippen LogP contribution is -2.40. The maximum absolute atomic E-state index is 13.6. The number of amides is 1. The quantitative estimate of drug-likeness (QED) is 0.460. The van der Waals surface area contributed by atoms with Crippen molar-refractivity contribution in [2.75, 3.05) is 5.32 Å². The Morgan fingerprint density at radius 3 is 2.53 bits per heavy atom. The molecule has 6 nitrogen and oxygen atoms in total. The Morgan fingerprint density at radius 2 is 1.82 bits per heavy atom. The number of anilines is 1. The highest BCUT2D eigenvalue weighted by molar-refractivity contribution is 7.07. The topological polar surface area (TPSA) is 76.6 Å². The molecule has 5 rings (SSSR count). The molecule has 4 aromatic rings. The van der Waals surface area contributed by atoms with E-state index in [9.17, 15) is 9.59 Å². The van der Waals surface area contributed by atoms with Crippen molar-refractivity contribution >= 4 is 40.6 Å². The number of fused-ring (bicyclic) bond motifs is 1. The van der Waals surface area contributed by atoms with E-state index in [0.717, 1.165) is 5.56 Å². The highest BCUT2D eigenvalue weighted by Crippen LogP contribution is 2.31. The third-order valence-corrected chi connectivity index (χ3v) is 6.85. The summed E-state index contributed by atoms with van der Waals surface area (Å²) in [6.45, 7) is 3.60. The van der Waals surface area contributed by atoms with Gasteiger partial charge in [0, 0.05) is 10.7 Å². The molecule has 1 unspecified atom stereocenters. The number of para-hydroxylation sites is 1. The van der Waals surface area contributed by atoms with Gasteiger partial charge in [-0.05, 0) is 55.8 Å². The predicted octanol–water partition coefficient (Wildman–Crippen LogP) is 4.43. The van der Waals surface area contributed by atoms with Gasteiger partial charge in [0.1, 0.15) is 17.6 Å². The molecule has 0 saturated heterocycles. The SMILES string of the molecule is CC1=C(C(=O)Nc2ccccc2)C(c2ccc(C)o2)n2c(sc(=Cc3ccccc3Cl)c2=O)=N1. The number of aryl methyl sites for hydroxylation is 1. The summed E-state index contributed by atoms with van der Waals surface area (Å²) in [7, 11) is 0. The molecule has 1 atom stereocenters. The summed E-state index contributed by atoms with van der Waals surface area (Å²) < 4.78 is 7.91. The number of hydrogen-bond donors (Lipinski definition) is 1. The highest BCUT2D eigenvalue weighted by Gasteiger charge is 2.34. The average molecular weight is 490 g/mol. The lowest BCUT2D eigenvalue weighted by Gasteiger charge is -2.23. The molecule has 34 heavy (non-hydrogen) atoms. The van der Waals surface area contributed by atoms with Gasteiger partial charge in [-0.3, -0.25) is 14.2 Å². The second-order valence-electron chi connectivity index (χ2n) is 7.87. The van der Waals surface area contributed by atoms with Crippen molar-refractivity contribution in [3.8, 4) is 0 Å². The first-order valence-electron chi connectivity index (χ1n) is 10.6. The van der Waals surface area contributed by atoms with Crippen molar-refractivity contribution in [2.45, 2.75) is 19.9 Å². The minimum atomic E-state index is -0.748. The number of carbonyl (C=O) groups excluding carboxylic acids is 1. The summed E-state index contributed by atoms with van der Waals surface area (Å²) >= 11 is 7.56. The molecule has 1 amide bonds. The van der Waals surface area contributed by atoms with Crippen LogP contribution in [0.15, 0.2) is 92.2 Å². The molecule has 1 aliphatic rings. The molecule has 3 heterocycles. The normalized spacial score (nSPS) is 15.7. The molecule has 2 aromatic carbocycles. The summed E-state index contributed by atoms with van der Waals surface area (Å²) in [6.07, 6.45) is 1.75. The van der Waals surface area contributed by atoms with E-state index in [1.54, 1.807) is 37.3 Å². The van der Waals surface area contributed by atoms with Crippen molar-refractivity contribution in [1.82, 2.24) is 4.57 Å². The van der Waals surface area contributed by atoms with Crippen LogP contribution in [0.1, 0.15) is 30.0 Å². The summed E-state index contributed by atoms with van der Waals surface area (Å²) in [5, 5.41) is 3.46. The third-order valence-electron chi connectivity index (χ3n) is 5.52. The second-order valence-corrected chi connectivity index (χ2v) is 9.29. The molecule has 0 bridgehead atoms. The van der Waals surface area contributed by atoms with E-state index in [1.165, 1.54) is 15.9 Å². The molecular weight excluding hydrogens is 470 g/mol. The number of hydrogen-bond acceptors (Lipinski definition) is 5. The van der Waals surface area contributed by atoms with Gasteiger partial charge in [0.15, 0.2) is 4.80 Å². The van der Waals surface area contributed by atoms with E-state index in [2.05, 4.69) is 10.3 Å². The molecule has 0 saturated carbocycles. The Morgan fingerprint density at radius 1 is 1.09 bits per heavy atom. The van der Waals surface area contributed by atoms with Gasteiger partial charge in [-0.25, -0.2) is 4.99 Å². The van der Waals surface area contributed by atoms with Crippen LogP contribution in [0.2, 0.25) is 5.02 Å². The highest BCUT2D eigenvalue weighted by atomic mass is 35.5. The minimum absolute atomic E-state index is 0.264. The van der Waals surface area contributed by atoms with E-state index in [0.29, 0.717) is 42.8 Å². The number of nitrogens with zero attached hydrogens (tertiary/aromatic N) is 2. The molecular formula is C26H20ClN3O3S. The summed E-state index contributed by atoms with van der Waals surface area (Å²) in [4.78, 5) is 32.1. The van der Waals surface area contributed by atoms with Crippen LogP contribution in [0.25, 0.3) is 6.08 Å². The number of nitrogens with one attached hydrogen (secondary N) is 1. The van der Waals surface area contributed by atoms with Crippen LogP contribution < -0.4 is 20.2 Å². The van der Waals surface area contributed by atoms with Gasteiger partial charge in [-0.1, -0.05) is 59.3 Å². The molecule has 0 spiro atoms. The number of allylic oxidation sites excluding steroid dienone is 1. The van der Waals surface area contributed by atoms with Crippen LogP contribution >= 0.6 is 22.9 Å². The van der Waals surface area contributed by atoms with Crippen molar-refractivity contribution in [1.29, 1.82) is 0 Å². The summed E-state index contributed by atoms with van der Waals surface area (Å²) in [6, 6.07) is 19.3. The number of rotatable bonds is 4. The Kier molecular flexibility index (Phi) is 5.81. The predicted molar refractivity (Wildman–Crippen MR) is 134 cm³/mol. The molecule has 0 radical (unpaired) electrons. The number of carbonyl (C=O) groups is 1. The average Bonchev–Trinajstić information content (AvgIpc) is 3.38. The van der Waals surface area contributed by atoms with Crippen LogP contribution in [0.4, 0.5) is 5.69 Å². The molecule has 0 fully saturated rings. The van der Waals surface area contributed by atoms with Crippen molar-refractivity contribution in [3.05, 3.63) is 120 Å². The number of halogens is 1. The van der Waals surface area contributed by atoms with Gasteiger partial charge < -0.3 is 9.73 Å². The Balaban J connectivity index is 1.68. The van der Waals surface area contributed by atoms with Gasteiger partial charge in [-0.15, -0.1) is 0 Å². The fourth-order valence-corrected chi connectivity index (χ4v) is 5.16. The van der Waals surface area contributed by atoms with E-state index in [-0.39, 0.29) is 11.5 Å². The second kappa shape index (κ2) is 8.93. The molecule has 0 aliphatic carbocycles. The zero-order valence-corrected chi connectivity index (χ0v) is 20.0. The zero-order chi connectivity index (χ0) is 23.8. The fraction of sp³-hybridized carbons (Fsp3) is 0.115. The molecule has 2 aromatic heterocycles. The van der Waals surface area contributed by atoms with Gasteiger partial charge in [0.25, 0.3) is 11.5 Å². The Bertz CT molecular complexity index is 1610. The first-order valence-corrected chi connectivity index (χ1v) is 11.8. The summed E-state index contributed by atoms with van der Waals surface area (Å²) in [5.41, 5.74) is 2.00. The van der Waals surface area contributed by atoms with Crippen LogP contribution in [-0.4, -0.2) is 10.5 Å². The molecule has 170 valence electrons. The summed E-state index contributed by atoms with van der Waals surface area (Å²) in [5.74, 6) is 0.841. The van der Waals surface area contributed by atoms with Crippen molar-refractivity contribution in [2.24, 2.45) is 4.99 Å². The first kappa shape index (κ1) is 22.1. The monoisotopic (exact) mass is 489 g/mol. The van der Waals surface area contributed by atoms with E-state index in [4.69, 9.17) is 16.0 Å². The van der Waals surface area contributed by atoms with Gasteiger partial charge in [0.05, 0.1) is 15.8 Å². The van der Waals surface area contributed by atoms with Crippen LogP contribution in [0.5, 0.6) is 0 Å². The molecule has 1 aliphatic heterocycles. The number of benzene rings is 2. The number of aromatic nitrogens is 1. The lowest BCUT2D eigenvalue weighted by molar-refractivity contribution is -0.113. The van der Waals surface area contributed by atoms with Gasteiger partial charge in [0.2, 0.25) is 0 Å². The van der Waals surface area contributed by atoms with Crippen molar-refractivity contribution in [3.63, 3.8) is 0 Å². The van der Waals surface area contributed by atoms with E-state index < -0.39 is 6.04 Å². The lowest BCUT2D eigenvalue weighted by atomic mass is 10.00. The van der Waals surface area contributed by atoms with Crippen molar-refractivity contribution < 1.29 is 9.21 Å². The fourth-order valence-electron chi connectivity index (χ4n) is 3.93. The number of thiazole rings is 1. The maximum atomic E-state index is 13.6. The smallest absolute Gasteiger partial charge is 0.271 e. The van der Waals surface area contributed by atoms with Gasteiger partial charge in [-0.2, -0.15) is 0 Å².